The lowest BCUT2D eigenvalue weighted by atomic mass is 9.85. The summed E-state index contributed by atoms with van der Waals surface area (Å²) in [5, 5.41) is 15.4. The van der Waals surface area contributed by atoms with Crippen molar-refractivity contribution in [3.05, 3.63) is 28.8 Å². The Hall–Kier alpha value is -2.37. The Kier molecular flexibility index (Phi) is 6.37. The standard InChI is InChI=1S/C22H30N2O4/c1-13-11-14(2)19(12-18(13)22(27)28)24-21(26)16-7-9-17(10-8-16)23-20(25)15-5-3-4-6-15/h11-12,15-17H,3-10H2,1-2H3,(H,23,25)(H,24,26)(H,27,28). The monoisotopic (exact) mass is 386 g/mol. The molecule has 6 nitrogen and oxygen atoms in total. The zero-order valence-corrected chi connectivity index (χ0v) is 16.7. The van der Waals surface area contributed by atoms with Crippen molar-refractivity contribution in [2.45, 2.75) is 71.3 Å². The number of aromatic carboxylic acids is 1. The Bertz CT molecular complexity index is 760. The van der Waals surface area contributed by atoms with Crippen molar-refractivity contribution in [2.75, 3.05) is 5.32 Å². The molecule has 2 aliphatic carbocycles. The average Bonchev–Trinajstić information content (AvgIpc) is 3.19. The summed E-state index contributed by atoms with van der Waals surface area (Å²) in [4.78, 5) is 36.3. The molecule has 0 aliphatic heterocycles. The first-order chi connectivity index (χ1) is 13.3. The minimum Gasteiger partial charge on any atom is -0.478 e. The number of benzene rings is 1. The highest BCUT2D eigenvalue weighted by Crippen LogP contribution is 2.29. The number of anilines is 1. The van der Waals surface area contributed by atoms with Gasteiger partial charge in [0.05, 0.1) is 5.56 Å². The molecule has 2 aliphatic rings. The molecule has 6 heteroatoms. The van der Waals surface area contributed by atoms with E-state index in [1.807, 2.05) is 6.92 Å². The van der Waals surface area contributed by atoms with Gasteiger partial charge in [0.1, 0.15) is 0 Å². The second-order valence-electron chi connectivity index (χ2n) is 8.31. The van der Waals surface area contributed by atoms with Gasteiger partial charge in [-0.1, -0.05) is 18.9 Å². The van der Waals surface area contributed by atoms with E-state index in [9.17, 15) is 19.5 Å². The maximum Gasteiger partial charge on any atom is 0.336 e. The molecule has 0 atom stereocenters. The fourth-order valence-corrected chi connectivity index (χ4v) is 4.46. The summed E-state index contributed by atoms with van der Waals surface area (Å²) < 4.78 is 0. The van der Waals surface area contributed by atoms with Crippen molar-refractivity contribution >= 4 is 23.5 Å². The SMILES string of the molecule is Cc1cc(C)c(C(=O)O)cc1NC(=O)C1CCC(NC(=O)C2CCCC2)CC1. The topological polar surface area (TPSA) is 95.5 Å². The minimum atomic E-state index is -0.994. The van der Waals surface area contributed by atoms with E-state index in [0.29, 0.717) is 11.3 Å². The van der Waals surface area contributed by atoms with Crippen LogP contribution in [0, 0.1) is 25.7 Å². The third-order valence-corrected chi connectivity index (χ3v) is 6.23. The highest BCUT2D eigenvalue weighted by Gasteiger charge is 2.30. The van der Waals surface area contributed by atoms with Crippen LogP contribution in [0.2, 0.25) is 0 Å². The van der Waals surface area contributed by atoms with Crippen molar-refractivity contribution in [1.82, 2.24) is 5.32 Å². The molecule has 28 heavy (non-hydrogen) atoms. The number of carboxylic acid groups (broad SMARTS) is 1. The number of nitrogens with one attached hydrogen (secondary N) is 2. The molecule has 0 saturated heterocycles. The van der Waals surface area contributed by atoms with Crippen molar-refractivity contribution in [1.29, 1.82) is 0 Å². The first kappa shape index (κ1) is 20.4. The van der Waals surface area contributed by atoms with Crippen LogP contribution in [0.15, 0.2) is 12.1 Å². The second-order valence-corrected chi connectivity index (χ2v) is 8.31. The summed E-state index contributed by atoms with van der Waals surface area (Å²) in [6.45, 7) is 3.62. The van der Waals surface area contributed by atoms with Crippen LogP contribution in [-0.2, 0) is 9.59 Å². The molecular formula is C22H30N2O4. The molecule has 0 heterocycles. The van der Waals surface area contributed by atoms with Crippen LogP contribution in [0.25, 0.3) is 0 Å². The summed E-state index contributed by atoms with van der Waals surface area (Å²) in [6, 6.07) is 3.49. The molecule has 2 saturated carbocycles. The van der Waals surface area contributed by atoms with Crippen molar-refractivity contribution in [3.63, 3.8) is 0 Å². The molecule has 152 valence electrons. The maximum atomic E-state index is 12.7. The number of carboxylic acids is 1. The van der Waals surface area contributed by atoms with E-state index in [1.165, 1.54) is 0 Å². The van der Waals surface area contributed by atoms with Gasteiger partial charge in [0.25, 0.3) is 0 Å². The van der Waals surface area contributed by atoms with Gasteiger partial charge in [0.2, 0.25) is 11.8 Å². The molecule has 0 bridgehead atoms. The van der Waals surface area contributed by atoms with E-state index in [2.05, 4.69) is 10.6 Å². The molecule has 2 amide bonds. The molecule has 2 fully saturated rings. The van der Waals surface area contributed by atoms with Gasteiger partial charge in [0.15, 0.2) is 0 Å². The van der Waals surface area contributed by atoms with Crippen molar-refractivity contribution in [2.24, 2.45) is 11.8 Å². The lowest BCUT2D eigenvalue weighted by Gasteiger charge is -2.29. The predicted molar refractivity (Wildman–Crippen MR) is 107 cm³/mol. The van der Waals surface area contributed by atoms with Gasteiger partial charge in [-0.15, -0.1) is 0 Å². The molecule has 0 spiro atoms. The number of aryl methyl sites for hydroxylation is 2. The number of rotatable bonds is 5. The molecule has 0 unspecified atom stereocenters. The Morgan fingerprint density at radius 1 is 0.857 bits per heavy atom. The van der Waals surface area contributed by atoms with Crippen LogP contribution < -0.4 is 10.6 Å². The molecule has 0 aromatic heterocycles. The quantitative estimate of drug-likeness (QED) is 0.717. The summed E-state index contributed by atoms with van der Waals surface area (Å²) in [7, 11) is 0. The van der Waals surface area contributed by atoms with Gasteiger partial charge in [-0.05, 0) is 69.6 Å². The van der Waals surface area contributed by atoms with E-state index in [-0.39, 0.29) is 35.3 Å². The average molecular weight is 386 g/mol. The van der Waals surface area contributed by atoms with Gasteiger partial charge in [-0.25, -0.2) is 4.79 Å². The zero-order valence-electron chi connectivity index (χ0n) is 16.7. The van der Waals surface area contributed by atoms with Crippen LogP contribution in [0.3, 0.4) is 0 Å². The van der Waals surface area contributed by atoms with Gasteiger partial charge in [-0.2, -0.15) is 0 Å². The number of amides is 2. The zero-order chi connectivity index (χ0) is 20.3. The Balaban J connectivity index is 1.53. The molecule has 1 aromatic rings. The fraction of sp³-hybridized carbons (Fsp3) is 0.591. The summed E-state index contributed by atoms with van der Waals surface area (Å²) in [5.41, 5.74) is 2.30. The number of hydrogen-bond acceptors (Lipinski definition) is 3. The van der Waals surface area contributed by atoms with Crippen molar-refractivity contribution < 1.29 is 19.5 Å². The van der Waals surface area contributed by atoms with E-state index >= 15 is 0 Å². The van der Waals surface area contributed by atoms with E-state index in [0.717, 1.165) is 56.9 Å². The smallest absolute Gasteiger partial charge is 0.336 e. The second kappa shape index (κ2) is 8.76. The highest BCUT2D eigenvalue weighted by atomic mass is 16.4. The Morgan fingerprint density at radius 2 is 1.46 bits per heavy atom. The fourth-order valence-electron chi connectivity index (χ4n) is 4.46. The third-order valence-electron chi connectivity index (χ3n) is 6.23. The number of hydrogen-bond donors (Lipinski definition) is 3. The summed E-state index contributed by atoms with van der Waals surface area (Å²) in [6.07, 6.45) is 7.37. The summed E-state index contributed by atoms with van der Waals surface area (Å²) >= 11 is 0. The molecule has 1 aromatic carbocycles. The van der Waals surface area contributed by atoms with Gasteiger partial charge in [0, 0.05) is 23.6 Å². The van der Waals surface area contributed by atoms with Crippen LogP contribution in [0.4, 0.5) is 5.69 Å². The van der Waals surface area contributed by atoms with Gasteiger partial charge in [-0.3, -0.25) is 9.59 Å². The predicted octanol–water partition coefficient (Wildman–Crippen LogP) is 3.81. The van der Waals surface area contributed by atoms with E-state index in [4.69, 9.17) is 0 Å². The van der Waals surface area contributed by atoms with Crippen LogP contribution in [0.1, 0.15) is 72.9 Å². The van der Waals surface area contributed by atoms with E-state index in [1.54, 1.807) is 19.1 Å². The molecule has 3 N–H and O–H groups in total. The minimum absolute atomic E-state index is 0.0659. The Labute approximate surface area is 166 Å². The lowest BCUT2D eigenvalue weighted by Crippen LogP contribution is -2.41. The normalized spacial score (nSPS) is 22.6. The van der Waals surface area contributed by atoms with Crippen LogP contribution >= 0.6 is 0 Å². The van der Waals surface area contributed by atoms with E-state index < -0.39 is 5.97 Å². The first-order valence-electron chi connectivity index (χ1n) is 10.3. The largest absolute Gasteiger partial charge is 0.478 e. The van der Waals surface area contributed by atoms with Gasteiger partial charge >= 0.3 is 5.97 Å². The maximum absolute atomic E-state index is 12.7. The highest BCUT2D eigenvalue weighted by molar-refractivity contribution is 5.96. The summed E-state index contributed by atoms with van der Waals surface area (Å²) in [5.74, 6) is -0.806. The van der Waals surface area contributed by atoms with Crippen LogP contribution in [-0.4, -0.2) is 28.9 Å². The molecule has 0 radical (unpaired) electrons. The number of carbonyl (C=O) groups excluding carboxylic acids is 2. The third kappa shape index (κ3) is 4.72. The molecular weight excluding hydrogens is 356 g/mol. The Morgan fingerprint density at radius 3 is 2.07 bits per heavy atom. The lowest BCUT2D eigenvalue weighted by molar-refractivity contribution is -0.125. The van der Waals surface area contributed by atoms with Crippen LogP contribution in [0.5, 0.6) is 0 Å². The first-order valence-corrected chi connectivity index (χ1v) is 10.3. The van der Waals surface area contributed by atoms with Gasteiger partial charge < -0.3 is 15.7 Å². The molecule has 3 rings (SSSR count). The van der Waals surface area contributed by atoms with Crippen molar-refractivity contribution in [3.8, 4) is 0 Å². The number of carbonyl (C=O) groups is 3.